The maximum absolute atomic E-state index is 11.8. The fourth-order valence-corrected chi connectivity index (χ4v) is 2.41. The van der Waals surface area contributed by atoms with Crippen LogP contribution in [0, 0.1) is 0 Å². The Morgan fingerprint density at radius 3 is 2.73 bits per heavy atom. The summed E-state index contributed by atoms with van der Waals surface area (Å²) in [5.41, 5.74) is 0.315. The van der Waals surface area contributed by atoms with Crippen molar-refractivity contribution >= 4 is 23.2 Å². The van der Waals surface area contributed by atoms with Crippen molar-refractivity contribution in [3.63, 3.8) is 0 Å². The average Bonchev–Trinajstić information content (AvgIpc) is 3.05. The molecule has 0 aliphatic heterocycles. The van der Waals surface area contributed by atoms with Crippen LogP contribution < -0.4 is 10.1 Å². The van der Waals surface area contributed by atoms with E-state index in [1.165, 1.54) is 0 Å². The van der Waals surface area contributed by atoms with Crippen molar-refractivity contribution in [3.05, 3.63) is 52.2 Å². The zero-order valence-electron chi connectivity index (χ0n) is 12.2. The molecule has 0 fully saturated rings. The van der Waals surface area contributed by atoms with Crippen molar-refractivity contribution in [1.29, 1.82) is 0 Å². The van der Waals surface area contributed by atoms with E-state index < -0.39 is 5.97 Å². The van der Waals surface area contributed by atoms with Crippen LogP contribution in [-0.4, -0.2) is 25.1 Å². The van der Waals surface area contributed by atoms with E-state index in [9.17, 15) is 9.59 Å². The molecule has 22 heavy (non-hydrogen) atoms. The lowest BCUT2D eigenvalue weighted by Crippen LogP contribution is -2.28. The van der Waals surface area contributed by atoms with Crippen molar-refractivity contribution < 1.29 is 19.1 Å². The first kappa shape index (κ1) is 16.0. The van der Waals surface area contributed by atoms with Crippen LogP contribution in [0.25, 0.3) is 0 Å². The highest BCUT2D eigenvalue weighted by Crippen LogP contribution is 2.18. The number of benzene rings is 1. The summed E-state index contributed by atoms with van der Waals surface area (Å²) < 4.78 is 10.4. The highest BCUT2D eigenvalue weighted by molar-refractivity contribution is 7.09. The van der Waals surface area contributed by atoms with E-state index in [0.717, 1.165) is 4.88 Å². The maximum Gasteiger partial charge on any atom is 0.341 e. The SMILES string of the molecule is CCOC(=O)c1ccccc1OCC(=O)NCc1cccs1. The first-order valence-electron chi connectivity index (χ1n) is 6.88. The van der Waals surface area contributed by atoms with E-state index in [1.54, 1.807) is 42.5 Å². The number of hydrogen-bond donors (Lipinski definition) is 1. The van der Waals surface area contributed by atoms with Crippen molar-refractivity contribution in [2.24, 2.45) is 0 Å². The number of carbonyl (C=O) groups is 2. The fraction of sp³-hybridized carbons (Fsp3) is 0.250. The van der Waals surface area contributed by atoms with Gasteiger partial charge < -0.3 is 14.8 Å². The largest absolute Gasteiger partial charge is 0.483 e. The molecule has 2 aromatic rings. The van der Waals surface area contributed by atoms with Gasteiger partial charge in [-0.2, -0.15) is 0 Å². The molecule has 0 radical (unpaired) electrons. The number of thiophene rings is 1. The molecule has 5 nitrogen and oxygen atoms in total. The molecule has 1 N–H and O–H groups in total. The van der Waals surface area contributed by atoms with Gasteiger partial charge in [-0.1, -0.05) is 18.2 Å². The predicted molar refractivity (Wildman–Crippen MR) is 84.1 cm³/mol. The molecule has 0 aliphatic carbocycles. The van der Waals surface area contributed by atoms with Gasteiger partial charge in [0.15, 0.2) is 6.61 Å². The van der Waals surface area contributed by atoms with Gasteiger partial charge >= 0.3 is 5.97 Å². The van der Waals surface area contributed by atoms with Crippen molar-refractivity contribution in [2.75, 3.05) is 13.2 Å². The Morgan fingerprint density at radius 2 is 2.00 bits per heavy atom. The molecule has 0 bridgehead atoms. The van der Waals surface area contributed by atoms with Crippen LogP contribution >= 0.6 is 11.3 Å². The van der Waals surface area contributed by atoms with Crippen molar-refractivity contribution in [2.45, 2.75) is 13.5 Å². The van der Waals surface area contributed by atoms with Gasteiger partial charge in [-0.3, -0.25) is 4.79 Å². The Balaban J connectivity index is 1.88. The summed E-state index contributed by atoms with van der Waals surface area (Å²) in [6, 6.07) is 10.6. The number of nitrogens with one attached hydrogen (secondary N) is 1. The van der Waals surface area contributed by atoms with Crippen LogP contribution in [0.15, 0.2) is 41.8 Å². The highest BCUT2D eigenvalue weighted by atomic mass is 32.1. The quantitative estimate of drug-likeness (QED) is 0.797. The van der Waals surface area contributed by atoms with Crippen LogP contribution in [-0.2, 0) is 16.1 Å². The second-order valence-corrected chi connectivity index (χ2v) is 5.39. The molecule has 1 aromatic carbocycles. The Bertz CT molecular complexity index is 625. The lowest BCUT2D eigenvalue weighted by atomic mass is 10.2. The number of ether oxygens (including phenoxy) is 2. The zero-order valence-corrected chi connectivity index (χ0v) is 13.0. The number of hydrogen-bond acceptors (Lipinski definition) is 5. The molecular formula is C16H17NO4S. The summed E-state index contributed by atoms with van der Waals surface area (Å²) in [5.74, 6) is -0.364. The number of rotatable bonds is 7. The second kappa shape index (κ2) is 8.19. The molecule has 1 amide bonds. The molecule has 0 atom stereocenters. The smallest absolute Gasteiger partial charge is 0.341 e. The predicted octanol–water partition coefficient (Wildman–Crippen LogP) is 2.62. The van der Waals surface area contributed by atoms with Crippen molar-refractivity contribution in [3.8, 4) is 5.75 Å². The highest BCUT2D eigenvalue weighted by Gasteiger charge is 2.14. The lowest BCUT2D eigenvalue weighted by Gasteiger charge is -2.10. The molecule has 6 heteroatoms. The number of para-hydroxylation sites is 1. The minimum absolute atomic E-state index is 0.151. The Hall–Kier alpha value is -2.34. The molecule has 0 saturated heterocycles. The lowest BCUT2D eigenvalue weighted by molar-refractivity contribution is -0.123. The van der Waals surface area contributed by atoms with Gasteiger partial charge in [0.25, 0.3) is 5.91 Å². The summed E-state index contributed by atoms with van der Waals surface area (Å²) in [5, 5.41) is 4.71. The zero-order chi connectivity index (χ0) is 15.8. The van der Waals surface area contributed by atoms with E-state index in [2.05, 4.69) is 5.32 Å². The van der Waals surface area contributed by atoms with Crippen LogP contribution in [0.5, 0.6) is 5.75 Å². The summed E-state index contributed by atoms with van der Waals surface area (Å²) >= 11 is 1.57. The van der Waals surface area contributed by atoms with E-state index >= 15 is 0 Å². The van der Waals surface area contributed by atoms with Crippen LogP contribution in [0.3, 0.4) is 0 Å². The fourth-order valence-electron chi connectivity index (χ4n) is 1.76. The minimum Gasteiger partial charge on any atom is -0.483 e. The summed E-state index contributed by atoms with van der Waals surface area (Å²) in [6.07, 6.45) is 0. The molecule has 0 unspecified atom stereocenters. The van der Waals surface area contributed by atoms with Gasteiger partial charge in [0.05, 0.1) is 13.2 Å². The number of esters is 1. The summed E-state index contributed by atoms with van der Waals surface area (Å²) in [4.78, 5) is 24.6. The first-order chi connectivity index (χ1) is 10.7. The average molecular weight is 319 g/mol. The normalized spacial score (nSPS) is 10.0. The van der Waals surface area contributed by atoms with Gasteiger partial charge in [0, 0.05) is 4.88 Å². The Kier molecular flexibility index (Phi) is 5.97. The maximum atomic E-state index is 11.8. The monoisotopic (exact) mass is 319 g/mol. The molecule has 116 valence electrons. The van der Waals surface area contributed by atoms with Crippen LogP contribution in [0.4, 0.5) is 0 Å². The minimum atomic E-state index is -0.461. The molecule has 1 aromatic heterocycles. The van der Waals surface area contributed by atoms with E-state index in [4.69, 9.17) is 9.47 Å². The standard InChI is InChI=1S/C16H17NO4S/c1-2-20-16(19)13-7-3-4-8-14(13)21-11-15(18)17-10-12-6-5-9-22-12/h3-9H,2,10-11H2,1H3,(H,17,18). The van der Waals surface area contributed by atoms with Crippen LogP contribution in [0.2, 0.25) is 0 Å². The first-order valence-corrected chi connectivity index (χ1v) is 7.76. The topological polar surface area (TPSA) is 64.6 Å². The Labute approximate surface area is 132 Å². The molecular weight excluding hydrogens is 302 g/mol. The van der Waals surface area contributed by atoms with Gasteiger partial charge in [-0.25, -0.2) is 4.79 Å². The van der Waals surface area contributed by atoms with Gasteiger partial charge in [-0.05, 0) is 30.5 Å². The van der Waals surface area contributed by atoms with Crippen LogP contribution in [0.1, 0.15) is 22.2 Å². The number of carbonyl (C=O) groups excluding carboxylic acids is 2. The third-order valence-corrected chi connectivity index (χ3v) is 3.66. The van der Waals surface area contributed by atoms with E-state index in [0.29, 0.717) is 17.9 Å². The van der Waals surface area contributed by atoms with Gasteiger partial charge in [-0.15, -0.1) is 11.3 Å². The third kappa shape index (κ3) is 4.60. The van der Waals surface area contributed by atoms with E-state index in [1.807, 2.05) is 17.5 Å². The molecule has 0 spiro atoms. The van der Waals surface area contributed by atoms with Crippen molar-refractivity contribution in [1.82, 2.24) is 5.32 Å². The third-order valence-electron chi connectivity index (χ3n) is 2.78. The molecule has 2 rings (SSSR count). The van der Waals surface area contributed by atoms with E-state index in [-0.39, 0.29) is 19.1 Å². The number of amides is 1. The Morgan fingerprint density at radius 1 is 1.18 bits per heavy atom. The summed E-state index contributed by atoms with van der Waals surface area (Å²) in [7, 11) is 0. The molecule has 0 saturated carbocycles. The molecule has 1 heterocycles. The molecule has 0 aliphatic rings. The second-order valence-electron chi connectivity index (χ2n) is 4.36. The van der Waals surface area contributed by atoms with Gasteiger partial charge in [0.1, 0.15) is 11.3 Å². The van der Waals surface area contributed by atoms with Gasteiger partial charge in [0.2, 0.25) is 0 Å². The summed E-state index contributed by atoms with van der Waals surface area (Å²) in [6.45, 7) is 2.34.